The Morgan fingerprint density at radius 1 is 1.45 bits per heavy atom. The van der Waals surface area contributed by atoms with Crippen molar-refractivity contribution in [3.63, 3.8) is 0 Å². The van der Waals surface area contributed by atoms with Crippen LogP contribution in [0.4, 0.5) is 0 Å². The SMILES string of the molecule is Cc1nc(S(=O)(=O)N[C@@H](C)C(=O)OC(C)(C)C)cn1C. The van der Waals surface area contributed by atoms with Gasteiger partial charge >= 0.3 is 5.97 Å². The summed E-state index contributed by atoms with van der Waals surface area (Å²) in [5.74, 6) is -0.0657. The first kappa shape index (κ1) is 16.6. The number of aromatic nitrogens is 2. The number of esters is 1. The summed E-state index contributed by atoms with van der Waals surface area (Å²) in [6.07, 6.45) is 1.39. The monoisotopic (exact) mass is 303 g/mol. The van der Waals surface area contributed by atoms with E-state index in [0.717, 1.165) is 0 Å². The molecule has 1 aromatic heterocycles. The van der Waals surface area contributed by atoms with Crippen molar-refractivity contribution in [2.75, 3.05) is 0 Å². The molecule has 0 saturated heterocycles. The normalized spacial score (nSPS) is 14.1. The van der Waals surface area contributed by atoms with Crippen LogP contribution in [0.25, 0.3) is 0 Å². The minimum atomic E-state index is -3.84. The predicted molar refractivity (Wildman–Crippen MR) is 73.6 cm³/mol. The number of imidazole rings is 1. The highest BCUT2D eigenvalue weighted by Crippen LogP contribution is 2.11. The van der Waals surface area contributed by atoms with Gasteiger partial charge in [0.05, 0.1) is 0 Å². The van der Waals surface area contributed by atoms with Gasteiger partial charge in [0, 0.05) is 13.2 Å². The quantitative estimate of drug-likeness (QED) is 0.828. The Balaban J connectivity index is 2.83. The Morgan fingerprint density at radius 3 is 2.40 bits per heavy atom. The van der Waals surface area contributed by atoms with E-state index in [2.05, 4.69) is 9.71 Å². The minimum Gasteiger partial charge on any atom is -0.459 e. The molecule has 0 spiro atoms. The van der Waals surface area contributed by atoms with E-state index < -0.39 is 27.6 Å². The molecule has 8 heteroatoms. The van der Waals surface area contributed by atoms with E-state index in [1.165, 1.54) is 13.1 Å². The van der Waals surface area contributed by atoms with Crippen LogP contribution in [0.2, 0.25) is 0 Å². The van der Waals surface area contributed by atoms with E-state index in [9.17, 15) is 13.2 Å². The zero-order chi connectivity index (χ0) is 15.7. The van der Waals surface area contributed by atoms with Gasteiger partial charge < -0.3 is 9.30 Å². The largest absolute Gasteiger partial charge is 0.459 e. The smallest absolute Gasteiger partial charge is 0.324 e. The molecule has 1 atom stereocenters. The Morgan fingerprint density at radius 2 is 2.00 bits per heavy atom. The first-order valence-electron chi connectivity index (χ1n) is 6.17. The van der Waals surface area contributed by atoms with E-state index >= 15 is 0 Å². The third-order valence-electron chi connectivity index (χ3n) is 2.45. The molecular formula is C12H21N3O4S. The standard InChI is InChI=1S/C12H21N3O4S/c1-8(11(16)19-12(3,4)5)14-20(17,18)10-7-15(6)9(2)13-10/h7-8,14H,1-6H3/t8-/m0/s1. The molecule has 0 aromatic carbocycles. The lowest BCUT2D eigenvalue weighted by atomic mass is 10.2. The van der Waals surface area contributed by atoms with Gasteiger partial charge in [-0.3, -0.25) is 4.79 Å². The summed E-state index contributed by atoms with van der Waals surface area (Å²) in [7, 11) is -2.15. The number of ether oxygens (including phenoxy) is 1. The van der Waals surface area contributed by atoms with Crippen molar-refractivity contribution in [3.8, 4) is 0 Å². The van der Waals surface area contributed by atoms with E-state index in [-0.39, 0.29) is 5.03 Å². The molecule has 0 fully saturated rings. The number of carbonyl (C=O) groups excluding carboxylic acids is 1. The molecule has 20 heavy (non-hydrogen) atoms. The predicted octanol–water partition coefficient (Wildman–Crippen LogP) is 0.737. The molecule has 7 nitrogen and oxygen atoms in total. The highest BCUT2D eigenvalue weighted by molar-refractivity contribution is 7.89. The van der Waals surface area contributed by atoms with Gasteiger partial charge in [0.2, 0.25) is 0 Å². The summed E-state index contributed by atoms with van der Waals surface area (Å²) >= 11 is 0. The number of nitrogens with one attached hydrogen (secondary N) is 1. The van der Waals surface area contributed by atoms with Crippen molar-refractivity contribution in [1.29, 1.82) is 0 Å². The molecule has 0 aliphatic heterocycles. The van der Waals surface area contributed by atoms with Crippen molar-refractivity contribution in [3.05, 3.63) is 12.0 Å². The summed E-state index contributed by atoms with van der Waals surface area (Å²) in [6.45, 7) is 8.27. The molecule has 0 aliphatic rings. The second kappa shape index (κ2) is 5.53. The fraction of sp³-hybridized carbons (Fsp3) is 0.667. The molecule has 0 bridgehead atoms. The van der Waals surface area contributed by atoms with Crippen molar-refractivity contribution in [2.45, 2.75) is 51.3 Å². The van der Waals surface area contributed by atoms with Crippen LogP contribution < -0.4 is 4.72 Å². The molecule has 0 saturated carbocycles. The summed E-state index contributed by atoms with van der Waals surface area (Å²) in [5.41, 5.74) is -0.668. The highest BCUT2D eigenvalue weighted by atomic mass is 32.2. The molecule has 0 aliphatic carbocycles. The van der Waals surface area contributed by atoms with Crippen LogP contribution in [0.3, 0.4) is 0 Å². The molecule has 0 unspecified atom stereocenters. The van der Waals surface area contributed by atoms with Crippen LogP contribution in [0.5, 0.6) is 0 Å². The Hall–Kier alpha value is -1.41. The molecule has 1 N–H and O–H groups in total. The Labute approximate surface area is 119 Å². The summed E-state index contributed by atoms with van der Waals surface area (Å²) in [6, 6.07) is -0.985. The highest BCUT2D eigenvalue weighted by Gasteiger charge is 2.27. The van der Waals surface area contributed by atoms with E-state index in [1.54, 1.807) is 39.3 Å². The lowest BCUT2D eigenvalue weighted by molar-refractivity contribution is -0.156. The first-order chi connectivity index (χ1) is 8.92. The fourth-order valence-electron chi connectivity index (χ4n) is 1.39. The number of nitrogens with zero attached hydrogens (tertiary/aromatic N) is 2. The average Bonchev–Trinajstić information content (AvgIpc) is 2.57. The Kier molecular flexibility index (Phi) is 4.60. The zero-order valence-electron chi connectivity index (χ0n) is 12.6. The summed E-state index contributed by atoms with van der Waals surface area (Å²) in [4.78, 5) is 15.7. The van der Waals surface area contributed by atoms with E-state index in [1.807, 2.05) is 0 Å². The van der Waals surface area contributed by atoms with Gasteiger partial charge in [0.15, 0.2) is 5.03 Å². The molecule has 0 amide bonds. The van der Waals surface area contributed by atoms with Gasteiger partial charge in [-0.1, -0.05) is 0 Å². The van der Waals surface area contributed by atoms with E-state index in [0.29, 0.717) is 5.82 Å². The van der Waals surface area contributed by atoms with Crippen LogP contribution in [0, 0.1) is 6.92 Å². The number of carbonyl (C=O) groups is 1. The molecular weight excluding hydrogens is 282 g/mol. The lowest BCUT2D eigenvalue weighted by Gasteiger charge is -2.22. The van der Waals surface area contributed by atoms with Gasteiger partial charge in [-0.25, -0.2) is 13.4 Å². The minimum absolute atomic E-state index is 0.118. The molecule has 114 valence electrons. The van der Waals surface area contributed by atoms with Crippen LogP contribution in [0.1, 0.15) is 33.5 Å². The lowest BCUT2D eigenvalue weighted by Crippen LogP contribution is -2.42. The van der Waals surface area contributed by atoms with Gasteiger partial charge in [-0.05, 0) is 34.6 Å². The maximum atomic E-state index is 12.1. The van der Waals surface area contributed by atoms with Crippen LogP contribution >= 0.6 is 0 Å². The Bertz CT molecular complexity index is 579. The molecule has 1 heterocycles. The van der Waals surface area contributed by atoms with Crippen molar-refractivity contribution in [1.82, 2.24) is 14.3 Å². The number of hydrogen-bond donors (Lipinski definition) is 1. The van der Waals surface area contributed by atoms with Gasteiger partial charge in [-0.15, -0.1) is 0 Å². The number of hydrogen-bond acceptors (Lipinski definition) is 5. The molecule has 1 rings (SSSR count). The summed E-state index contributed by atoms with van der Waals surface area (Å²) in [5, 5.41) is -0.118. The van der Waals surface area contributed by atoms with Crippen LogP contribution in [0.15, 0.2) is 11.2 Å². The number of aryl methyl sites for hydroxylation is 2. The number of rotatable bonds is 4. The third kappa shape index (κ3) is 4.31. The van der Waals surface area contributed by atoms with Gasteiger partial charge in [0.1, 0.15) is 17.5 Å². The van der Waals surface area contributed by atoms with Gasteiger partial charge in [0.25, 0.3) is 10.0 Å². The zero-order valence-corrected chi connectivity index (χ0v) is 13.4. The van der Waals surface area contributed by atoms with Crippen LogP contribution in [-0.2, 0) is 26.6 Å². The topological polar surface area (TPSA) is 90.3 Å². The molecule has 0 radical (unpaired) electrons. The van der Waals surface area contributed by atoms with Crippen molar-refractivity contribution < 1.29 is 17.9 Å². The summed E-state index contributed by atoms with van der Waals surface area (Å²) < 4.78 is 33.1. The van der Waals surface area contributed by atoms with Crippen molar-refractivity contribution >= 4 is 16.0 Å². The van der Waals surface area contributed by atoms with Crippen molar-refractivity contribution in [2.24, 2.45) is 7.05 Å². The number of sulfonamides is 1. The van der Waals surface area contributed by atoms with Gasteiger partial charge in [-0.2, -0.15) is 4.72 Å². The fourth-order valence-corrected chi connectivity index (χ4v) is 2.62. The van der Waals surface area contributed by atoms with E-state index in [4.69, 9.17) is 4.74 Å². The van der Waals surface area contributed by atoms with Crippen LogP contribution in [-0.4, -0.2) is 35.6 Å². The second-order valence-electron chi connectivity index (χ2n) is 5.61. The third-order valence-corrected chi connectivity index (χ3v) is 3.87. The first-order valence-corrected chi connectivity index (χ1v) is 7.66. The maximum absolute atomic E-state index is 12.1. The average molecular weight is 303 g/mol. The second-order valence-corrected chi connectivity index (χ2v) is 7.27. The maximum Gasteiger partial charge on any atom is 0.324 e. The molecule has 1 aromatic rings.